The quantitative estimate of drug-likeness (QED) is 0.792. The molecule has 2 aromatic rings. The number of hydrogen-bond acceptors (Lipinski definition) is 5. The largest absolute Gasteiger partial charge is 0.489 e. The summed E-state index contributed by atoms with van der Waals surface area (Å²) in [5, 5.41) is 0. The lowest BCUT2D eigenvalue weighted by Crippen LogP contribution is -2.41. The van der Waals surface area contributed by atoms with Crippen molar-refractivity contribution in [3.63, 3.8) is 0 Å². The molecule has 2 aliphatic heterocycles. The Hall–Kier alpha value is -3.02. The molecule has 134 valence electrons. The van der Waals surface area contributed by atoms with Gasteiger partial charge in [0.15, 0.2) is 11.5 Å². The molecule has 1 aromatic heterocycles. The number of fused-ring (bicyclic) bond motifs is 1. The zero-order chi connectivity index (χ0) is 17.8. The number of nitrogens with zero attached hydrogens (tertiary/aromatic N) is 2. The van der Waals surface area contributed by atoms with Crippen molar-refractivity contribution in [1.29, 1.82) is 0 Å². The van der Waals surface area contributed by atoms with Crippen LogP contribution in [0, 0.1) is 0 Å². The van der Waals surface area contributed by atoms with Gasteiger partial charge in [0.2, 0.25) is 12.7 Å². The van der Waals surface area contributed by atoms with E-state index in [4.69, 9.17) is 14.2 Å². The smallest absolute Gasteiger partial charge is 0.246 e. The van der Waals surface area contributed by atoms with Crippen LogP contribution >= 0.6 is 0 Å². The van der Waals surface area contributed by atoms with E-state index in [-0.39, 0.29) is 18.8 Å². The highest BCUT2D eigenvalue weighted by Gasteiger charge is 2.22. The second-order valence-corrected chi connectivity index (χ2v) is 6.28. The number of aromatic nitrogens is 1. The second-order valence-electron chi connectivity index (χ2n) is 6.28. The van der Waals surface area contributed by atoms with Crippen LogP contribution in [0.1, 0.15) is 18.4 Å². The minimum atomic E-state index is 0.0162. The summed E-state index contributed by atoms with van der Waals surface area (Å²) in [6.07, 6.45) is 8.62. The van der Waals surface area contributed by atoms with E-state index in [1.165, 1.54) is 0 Å². The van der Waals surface area contributed by atoms with Gasteiger partial charge in [-0.15, -0.1) is 0 Å². The molecular formula is C20H20N2O4. The molecule has 3 heterocycles. The van der Waals surface area contributed by atoms with Gasteiger partial charge in [-0.1, -0.05) is 6.07 Å². The van der Waals surface area contributed by atoms with Crippen molar-refractivity contribution in [2.45, 2.75) is 18.9 Å². The molecule has 1 saturated heterocycles. The fourth-order valence-corrected chi connectivity index (χ4v) is 3.09. The fraction of sp³-hybridized carbons (Fsp3) is 0.300. The van der Waals surface area contributed by atoms with E-state index in [1.807, 2.05) is 41.3 Å². The summed E-state index contributed by atoms with van der Waals surface area (Å²) in [5.41, 5.74) is 0.914. The van der Waals surface area contributed by atoms with Crippen LogP contribution in [0.2, 0.25) is 0 Å². The molecule has 26 heavy (non-hydrogen) atoms. The van der Waals surface area contributed by atoms with Crippen molar-refractivity contribution in [3.8, 4) is 17.2 Å². The Kier molecular flexibility index (Phi) is 4.73. The second kappa shape index (κ2) is 7.47. The number of ether oxygens (including phenoxy) is 3. The van der Waals surface area contributed by atoms with Gasteiger partial charge in [0.25, 0.3) is 0 Å². The average Bonchev–Trinajstić information content (AvgIpc) is 3.15. The molecule has 0 saturated carbocycles. The minimum absolute atomic E-state index is 0.0162. The summed E-state index contributed by atoms with van der Waals surface area (Å²) >= 11 is 0. The van der Waals surface area contributed by atoms with E-state index in [0.717, 1.165) is 29.9 Å². The number of pyridine rings is 1. The highest BCUT2D eigenvalue weighted by molar-refractivity contribution is 5.92. The van der Waals surface area contributed by atoms with Gasteiger partial charge in [-0.2, -0.15) is 0 Å². The van der Waals surface area contributed by atoms with Gasteiger partial charge in [-0.25, -0.2) is 0 Å². The standard InChI is InChI=1S/C20H20N2O4/c23-20(6-4-15-3-5-18-19(12-15)25-14-24-18)22-10-7-16(8-11-22)26-17-2-1-9-21-13-17/h1-6,9,12-13,16H,7-8,10-11,14H2/b6-4+. The molecule has 1 amide bonds. The third kappa shape index (κ3) is 3.79. The van der Waals surface area contributed by atoms with Gasteiger partial charge in [0.1, 0.15) is 11.9 Å². The number of benzene rings is 1. The first-order chi connectivity index (χ1) is 12.8. The number of hydrogen-bond donors (Lipinski definition) is 0. The Morgan fingerprint density at radius 3 is 2.85 bits per heavy atom. The lowest BCUT2D eigenvalue weighted by Gasteiger charge is -2.31. The van der Waals surface area contributed by atoms with Crippen molar-refractivity contribution in [2.75, 3.05) is 19.9 Å². The lowest BCUT2D eigenvalue weighted by atomic mass is 10.1. The third-order valence-corrected chi connectivity index (χ3v) is 4.51. The maximum absolute atomic E-state index is 12.4. The van der Waals surface area contributed by atoms with Gasteiger partial charge in [-0.05, 0) is 35.9 Å². The third-order valence-electron chi connectivity index (χ3n) is 4.51. The van der Waals surface area contributed by atoms with Crippen molar-refractivity contribution in [1.82, 2.24) is 9.88 Å². The molecule has 4 rings (SSSR count). The summed E-state index contributed by atoms with van der Waals surface area (Å²) in [5.74, 6) is 2.25. The van der Waals surface area contributed by atoms with E-state index < -0.39 is 0 Å². The molecule has 0 N–H and O–H groups in total. The number of carbonyl (C=O) groups excluding carboxylic acids is 1. The molecule has 0 aliphatic carbocycles. The summed E-state index contributed by atoms with van der Waals surface area (Å²) in [6, 6.07) is 9.40. The SMILES string of the molecule is O=C(/C=C/c1ccc2c(c1)OCO2)N1CCC(Oc2cccnc2)CC1. The van der Waals surface area contributed by atoms with E-state index in [1.54, 1.807) is 18.5 Å². The zero-order valence-electron chi connectivity index (χ0n) is 14.3. The number of amides is 1. The number of likely N-dealkylation sites (tertiary alicyclic amines) is 1. The molecule has 0 spiro atoms. The molecule has 2 aliphatic rings. The van der Waals surface area contributed by atoms with Crippen LogP contribution in [-0.2, 0) is 4.79 Å². The van der Waals surface area contributed by atoms with Crippen molar-refractivity contribution < 1.29 is 19.0 Å². The van der Waals surface area contributed by atoms with Gasteiger partial charge in [0.05, 0.1) is 6.20 Å². The predicted molar refractivity (Wildman–Crippen MR) is 96.1 cm³/mol. The van der Waals surface area contributed by atoms with Gasteiger partial charge in [-0.3, -0.25) is 9.78 Å². The first kappa shape index (κ1) is 16.4. The van der Waals surface area contributed by atoms with Gasteiger partial charge in [0, 0.05) is 38.2 Å². The van der Waals surface area contributed by atoms with Crippen LogP contribution in [0.5, 0.6) is 17.2 Å². The van der Waals surface area contributed by atoms with E-state index in [0.29, 0.717) is 18.8 Å². The van der Waals surface area contributed by atoms with Crippen molar-refractivity contribution >= 4 is 12.0 Å². The average molecular weight is 352 g/mol. The van der Waals surface area contributed by atoms with Gasteiger partial charge < -0.3 is 19.1 Å². The van der Waals surface area contributed by atoms with E-state index >= 15 is 0 Å². The maximum atomic E-state index is 12.4. The molecular weight excluding hydrogens is 332 g/mol. The first-order valence-electron chi connectivity index (χ1n) is 8.71. The Balaban J connectivity index is 1.29. The highest BCUT2D eigenvalue weighted by Crippen LogP contribution is 2.32. The number of carbonyl (C=O) groups is 1. The van der Waals surface area contributed by atoms with Crippen LogP contribution < -0.4 is 14.2 Å². The van der Waals surface area contributed by atoms with Gasteiger partial charge >= 0.3 is 0 Å². The van der Waals surface area contributed by atoms with Crippen LogP contribution in [-0.4, -0.2) is 41.8 Å². The summed E-state index contributed by atoms with van der Waals surface area (Å²) in [7, 11) is 0. The molecule has 6 heteroatoms. The molecule has 0 radical (unpaired) electrons. The molecule has 0 bridgehead atoms. The highest BCUT2D eigenvalue weighted by atomic mass is 16.7. The van der Waals surface area contributed by atoms with E-state index in [2.05, 4.69) is 4.98 Å². The predicted octanol–water partition coefficient (Wildman–Crippen LogP) is 2.89. The Morgan fingerprint density at radius 1 is 1.19 bits per heavy atom. The molecule has 1 aromatic carbocycles. The first-order valence-corrected chi connectivity index (χ1v) is 8.71. The fourth-order valence-electron chi connectivity index (χ4n) is 3.09. The zero-order valence-corrected chi connectivity index (χ0v) is 14.3. The minimum Gasteiger partial charge on any atom is -0.489 e. The number of piperidine rings is 1. The van der Waals surface area contributed by atoms with Crippen LogP contribution in [0.4, 0.5) is 0 Å². The molecule has 0 unspecified atom stereocenters. The Morgan fingerprint density at radius 2 is 2.04 bits per heavy atom. The summed E-state index contributed by atoms with van der Waals surface area (Å²) in [4.78, 5) is 18.3. The summed E-state index contributed by atoms with van der Waals surface area (Å²) in [6.45, 7) is 1.63. The van der Waals surface area contributed by atoms with Crippen molar-refractivity contribution in [2.24, 2.45) is 0 Å². The van der Waals surface area contributed by atoms with Crippen LogP contribution in [0.3, 0.4) is 0 Å². The van der Waals surface area contributed by atoms with Crippen molar-refractivity contribution in [3.05, 3.63) is 54.4 Å². The Bertz CT molecular complexity index is 799. The summed E-state index contributed by atoms with van der Waals surface area (Å²) < 4.78 is 16.6. The normalized spacial score (nSPS) is 16.8. The van der Waals surface area contributed by atoms with E-state index in [9.17, 15) is 4.79 Å². The molecule has 1 fully saturated rings. The topological polar surface area (TPSA) is 60.9 Å². The molecule has 6 nitrogen and oxygen atoms in total. The Labute approximate surface area is 152 Å². The monoisotopic (exact) mass is 352 g/mol. The van der Waals surface area contributed by atoms with Crippen LogP contribution in [0.25, 0.3) is 6.08 Å². The lowest BCUT2D eigenvalue weighted by molar-refractivity contribution is -0.127. The number of rotatable bonds is 4. The van der Waals surface area contributed by atoms with Crippen LogP contribution in [0.15, 0.2) is 48.8 Å². The molecule has 0 atom stereocenters. The maximum Gasteiger partial charge on any atom is 0.246 e.